The van der Waals surface area contributed by atoms with Crippen molar-refractivity contribution in [1.82, 2.24) is 10.3 Å². The first-order valence-corrected chi connectivity index (χ1v) is 8.68. The summed E-state index contributed by atoms with van der Waals surface area (Å²) in [6.45, 7) is 10.4. The summed E-state index contributed by atoms with van der Waals surface area (Å²) in [7, 11) is 0. The quantitative estimate of drug-likeness (QED) is 0.843. The fourth-order valence-corrected chi connectivity index (χ4v) is 3.70. The largest absolute Gasteiger partial charge is 0.314 e. The van der Waals surface area contributed by atoms with Crippen molar-refractivity contribution in [2.45, 2.75) is 59.4 Å². The maximum Gasteiger partial charge on any atom is 0.0299 e. The maximum absolute atomic E-state index is 4.29. The van der Waals surface area contributed by atoms with Crippen LogP contribution in [-0.4, -0.2) is 17.6 Å². The lowest BCUT2D eigenvalue weighted by molar-refractivity contribution is 0.143. The van der Waals surface area contributed by atoms with E-state index in [-0.39, 0.29) is 0 Å². The van der Waals surface area contributed by atoms with Crippen LogP contribution in [0.4, 0.5) is 0 Å². The van der Waals surface area contributed by atoms with Crippen LogP contribution in [0.5, 0.6) is 0 Å². The van der Waals surface area contributed by atoms with Gasteiger partial charge < -0.3 is 5.32 Å². The molecule has 0 saturated heterocycles. The molecule has 1 saturated carbocycles. The molecule has 0 radical (unpaired) electrons. The van der Waals surface area contributed by atoms with Gasteiger partial charge in [-0.1, -0.05) is 33.8 Å². The Morgan fingerprint density at radius 2 is 2.00 bits per heavy atom. The first kappa shape index (κ1) is 16.5. The van der Waals surface area contributed by atoms with Gasteiger partial charge in [0.2, 0.25) is 0 Å². The summed E-state index contributed by atoms with van der Waals surface area (Å²) >= 11 is 0. The van der Waals surface area contributed by atoms with E-state index < -0.39 is 0 Å². The molecule has 3 atom stereocenters. The average Bonchev–Trinajstić information content (AvgIpc) is 2.46. The second-order valence-electron chi connectivity index (χ2n) is 7.47. The van der Waals surface area contributed by atoms with Gasteiger partial charge in [0.1, 0.15) is 0 Å². The van der Waals surface area contributed by atoms with E-state index in [1.54, 1.807) is 0 Å². The van der Waals surface area contributed by atoms with Crippen LogP contribution >= 0.6 is 0 Å². The molecule has 1 N–H and O–H groups in total. The zero-order chi connectivity index (χ0) is 15.2. The van der Waals surface area contributed by atoms with Gasteiger partial charge in [-0.25, -0.2) is 0 Å². The SMILES string of the molecule is CC(C)NCC1CCC(C(C)C)CC1Cc1cccnc1. The molecule has 0 aromatic carbocycles. The number of hydrogen-bond donors (Lipinski definition) is 1. The maximum atomic E-state index is 4.29. The Bertz CT molecular complexity index is 399. The summed E-state index contributed by atoms with van der Waals surface area (Å²) in [5.41, 5.74) is 1.40. The minimum atomic E-state index is 0.590. The van der Waals surface area contributed by atoms with E-state index in [0.29, 0.717) is 6.04 Å². The Hall–Kier alpha value is -0.890. The minimum Gasteiger partial charge on any atom is -0.314 e. The Balaban J connectivity index is 2.01. The Labute approximate surface area is 130 Å². The summed E-state index contributed by atoms with van der Waals surface area (Å²) in [6.07, 6.45) is 9.29. The van der Waals surface area contributed by atoms with Crippen molar-refractivity contribution in [3.8, 4) is 0 Å². The molecule has 2 nitrogen and oxygen atoms in total. The lowest BCUT2D eigenvalue weighted by Gasteiger charge is -2.38. The molecule has 0 bridgehead atoms. The Morgan fingerprint density at radius 1 is 1.19 bits per heavy atom. The molecule has 2 heteroatoms. The predicted octanol–water partition coefficient (Wildman–Crippen LogP) is 4.31. The van der Waals surface area contributed by atoms with Crippen molar-refractivity contribution < 1.29 is 0 Å². The molecular formula is C19H32N2. The van der Waals surface area contributed by atoms with Crippen LogP contribution in [0.3, 0.4) is 0 Å². The molecule has 3 unspecified atom stereocenters. The van der Waals surface area contributed by atoms with E-state index in [1.165, 1.54) is 37.8 Å². The molecule has 0 aliphatic heterocycles. The van der Waals surface area contributed by atoms with Crippen LogP contribution in [0.15, 0.2) is 24.5 Å². The molecule has 1 aromatic heterocycles. The minimum absolute atomic E-state index is 0.590. The fourth-order valence-electron chi connectivity index (χ4n) is 3.70. The van der Waals surface area contributed by atoms with E-state index in [4.69, 9.17) is 0 Å². The molecule has 118 valence electrons. The Morgan fingerprint density at radius 3 is 2.62 bits per heavy atom. The second kappa shape index (κ2) is 7.93. The molecular weight excluding hydrogens is 256 g/mol. The summed E-state index contributed by atoms with van der Waals surface area (Å²) in [5.74, 6) is 3.35. The molecule has 1 heterocycles. The molecule has 21 heavy (non-hydrogen) atoms. The van der Waals surface area contributed by atoms with Gasteiger partial charge in [-0.3, -0.25) is 4.98 Å². The molecule has 2 rings (SSSR count). The number of nitrogens with one attached hydrogen (secondary N) is 1. The van der Waals surface area contributed by atoms with Crippen molar-refractivity contribution in [3.63, 3.8) is 0 Å². The molecule has 0 spiro atoms. The van der Waals surface area contributed by atoms with Crippen LogP contribution < -0.4 is 5.32 Å². The van der Waals surface area contributed by atoms with E-state index in [1.807, 2.05) is 12.4 Å². The lowest BCUT2D eigenvalue weighted by atomic mass is 9.69. The first-order chi connectivity index (χ1) is 10.1. The van der Waals surface area contributed by atoms with Crippen molar-refractivity contribution in [3.05, 3.63) is 30.1 Å². The zero-order valence-corrected chi connectivity index (χ0v) is 14.2. The topological polar surface area (TPSA) is 24.9 Å². The van der Waals surface area contributed by atoms with E-state index >= 15 is 0 Å². The number of hydrogen-bond acceptors (Lipinski definition) is 2. The summed E-state index contributed by atoms with van der Waals surface area (Å²) < 4.78 is 0. The van der Waals surface area contributed by atoms with Crippen LogP contribution in [0.25, 0.3) is 0 Å². The van der Waals surface area contributed by atoms with Gasteiger partial charge in [0.05, 0.1) is 0 Å². The highest BCUT2D eigenvalue weighted by molar-refractivity contribution is 5.10. The number of rotatable bonds is 6. The third kappa shape index (κ3) is 5.10. The number of aromatic nitrogens is 1. The van der Waals surface area contributed by atoms with E-state index in [2.05, 4.69) is 50.1 Å². The van der Waals surface area contributed by atoms with Crippen molar-refractivity contribution in [2.75, 3.05) is 6.54 Å². The van der Waals surface area contributed by atoms with E-state index in [0.717, 1.165) is 23.7 Å². The van der Waals surface area contributed by atoms with Crippen molar-refractivity contribution >= 4 is 0 Å². The smallest absolute Gasteiger partial charge is 0.0299 e. The van der Waals surface area contributed by atoms with Crippen molar-refractivity contribution in [2.24, 2.45) is 23.7 Å². The highest BCUT2D eigenvalue weighted by atomic mass is 14.9. The van der Waals surface area contributed by atoms with Crippen LogP contribution in [0.2, 0.25) is 0 Å². The zero-order valence-electron chi connectivity index (χ0n) is 14.2. The highest BCUT2D eigenvalue weighted by Crippen LogP contribution is 2.38. The number of pyridine rings is 1. The van der Waals surface area contributed by atoms with Gasteiger partial charge in [0.25, 0.3) is 0 Å². The summed E-state index contributed by atoms with van der Waals surface area (Å²) in [5, 5.41) is 3.66. The molecule has 1 aromatic rings. The normalized spacial score (nSPS) is 26.5. The van der Waals surface area contributed by atoms with Crippen LogP contribution in [-0.2, 0) is 6.42 Å². The monoisotopic (exact) mass is 288 g/mol. The summed E-state index contributed by atoms with van der Waals surface area (Å²) in [4.78, 5) is 4.29. The Kier molecular flexibility index (Phi) is 6.22. The molecule has 0 amide bonds. The molecule has 1 aliphatic rings. The van der Waals surface area contributed by atoms with Crippen molar-refractivity contribution in [1.29, 1.82) is 0 Å². The van der Waals surface area contributed by atoms with Gasteiger partial charge >= 0.3 is 0 Å². The predicted molar refractivity (Wildman–Crippen MR) is 90.2 cm³/mol. The average molecular weight is 288 g/mol. The van der Waals surface area contributed by atoms with Gasteiger partial charge in [0, 0.05) is 18.4 Å². The first-order valence-electron chi connectivity index (χ1n) is 8.68. The van der Waals surface area contributed by atoms with Gasteiger partial charge in [-0.15, -0.1) is 0 Å². The standard InChI is InChI=1S/C19H32N2/c1-14(2)17-7-8-18(13-21-15(3)4)19(11-17)10-16-6-5-9-20-12-16/h5-6,9,12,14-15,17-19,21H,7-8,10-11,13H2,1-4H3. The van der Waals surface area contributed by atoms with Gasteiger partial charge in [-0.2, -0.15) is 0 Å². The van der Waals surface area contributed by atoms with Crippen LogP contribution in [0.1, 0.15) is 52.5 Å². The molecule has 1 fully saturated rings. The third-order valence-electron chi connectivity index (χ3n) is 5.13. The molecule has 1 aliphatic carbocycles. The lowest BCUT2D eigenvalue weighted by Crippen LogP contribution is -2.37. The van der Waals surface area contributed by atoms with Gasteiger partial charge in [-0.05, 0) is 67.5 Å². The second-order valence-corrected chi connectivity index (χ2v) is 7.47. The highest BCUT2D eigenvalue weighted by Gasteiger charge is 2.31. The van der Waals surface area contributed by atoms with Gasteiger partial charge in [0.15, 0.2) is 0 Å². The van der Waals surface area contributed by atoms with Crippen LogP contribution in [0, 0.1) is 23.7 Å². The third-order valence-corrected chi connectivity index (χ3v) is 5.13. The van der Waals surface area contributed by atoms with E-state index in [9.17, 15) is 0 Å². The fraction of sp³-hybridized carbons (Fsp3) is 0.737. The number of nitrogens with zero attached hydrogens (tertiary/aromatic N) is 1. The summed E-state index contributed by atoms with van der Waals surface area (Å²) in [6, 6.07) is 4.89.